The molecule has 3 aromatic rings. The van der Waals surface area contributed by atoms with E-state index >= 15 is 0 Å². The van der Waals surface area contributed by atoms with Crippen molar-refractivity contribution in [2.75, 3.05) is 39.3 Å². The fourth-order valence-corrected chi connectivity index (χ4v) is 5.20. The highest BCUT2D eigenvalue weighted by Crippen LogP contribution is 2.32. The van der Waals surface area contributed by atoms with Gasteiger partial charge in [-0.15, -0.1) is 0 Å². The number of nitrogens with zero attached hydrogens (tertiary/aromatic N) is 1. The maximum absolute atomic E-state index is 6.19. The summed E-state index contributed by atoms with van der Waals surface area (Å²) in [6.45, 7) is 9.12. The molecule has 1 aliphatic rings. The van der Waals surface area contributed by atoms with Crippen LogP contribution in [0.2, 0.25) is 0 Å². The topological polar surface area (TPSA) is 40.3 Å². The highest BCUT2D eigenvalue weighted by Gasteiger charge is 2.18. The van der Waals surface area contributed by atoms with Crippen molar-refractivity contribution in [1.29, 1.82) is 0 Å². The van der Waals surface area contributed by atoms with Crippen molar-refractivity contribution in [3.63, 3.8) is 0 Å². The molecule has 1 aromatic heterocycles. The summed E-state index contributed by atoms with van der Waals surface area (Å²) in [5.74, 6) is 1.83. The van der Waals surface area contributed by atoms with Crippen molar-refractivity contribution in [2.24, 2.45) is 5.92 Å². The first-order chi connectivity index (χ1) is 16.3. The van der Waals surface area contributed by atoms with Gasteiger partial charge in [0, 0.05) is 16.3 Å². The second-order valence-electron chi connectivity index (χ2n) is 9.81. The minimum Gasteiger partial charge on any atom is -0.493 e. The van der Waals surface area contributed by atoms with Gasteiger partial charge in [-0.1, -0.05) is 63.3 Å². The molecule has 2 aromatic carbocycles. The molecule has 0 spiro atoms. The van der Waals surface area contributed by atoms with E-state index in [1.807, 2.05) is 0 Å². The molecule has 4 rings (SSSR count). The number of para-hydroxylation sites is 1. The van der Waals surface area contributed by atoms with Gasteiger partial charge in [-0.2, -0.15) is 0 Å². The van der Waals surface area contributed by atoms with Crippen molar-refractivity contribution in [1.82, 2.24) is 15.2 Å². The van der Waals surface area contributed by atoms with Gasteiger partial charge >= 0.3 is 0 Å². The summed E-state index contributed by atoms with van der Waals surface area (Å²) in [5.41, 5.74) is 2.32. The molecule has 4 nitrogen and oxygen atoms in total. The molecule has 1 saturated heterocycles. The third-order valence-electron chi connectivity index (χ3n) is 7.22. The molecule has 2 N–H and O–H groups in total. The summed E-state index contributed by atoms with van der Waals surface area (Å²) < 4.78 is 6.19. The van der Waals surface area contributed by atoms with Crippen LogP contribution in [0.3, 0.4) is 0 Å². The summed E-state index contributed by atoms with van der Waals surface area (Å²) in [7, 11) is 0. The molecular formula is C29H43N3O. The first-order valence-electron chi connectivity index (χ1n) is 13.4. The Hall–Kier alpha value is -2.04. The number of fused-ring (bicyclic) bond motifs is 3. The van der Waals surface area contributed by atoms with E-state index in [1.54, 1.807) is 0 Å². The summed E-state index contributed by atoms with van der Waals surface area (Å²) in [4.78, 5) is 6.18. The van der Waals surface area contributed by atoms with Gasteiger partial charge in [0.15, 0.2) is 0 Å². The Morgan fingerprint density at radius 3 is 2.58 bits per heavy atom. The van der Waals surface area contributed by atoms with Crippen LogP contribution >= 0.6 is 0 Å². The standard InChI is InChI=1S/C29H43N3O/c1-2-3-4-5-6-9-19-32-20-16-24(17-21-32)23-30-18-11-22-33-28-15-10-14-27-29(28)25-12-7-8-13-26(25)31-27/h7-8,10,12-15,24,30-31H,2-6,9,11,16-23H2,1H3. The van der Waals surface area contributed by atoms with Gasteiger partial charge in [-0.05, 0) is 82.5 Å². The molecule has 1 fully saturated rings. The van der Waals surface area contributed by atoms with E-state index in [0.717, 1.165) is 43.3 Å². The Labute approximate surface area is 200 Å². The van der Waals surface area contributed by atoms with Gasteiger partial charge in [0.05, 0.1) is 12.1 Å². The Morgan fingerprint density at radius 1 is 0.909 bits per heavy atom. The fraction of sp³-hybridized carbons (Fsp3) is 0.586. The van der Waals surface area contributed by atoms with Crippen LogP contribution in [0.4, 0.5) is 0 Å². The second-order valence-corrected chi connectivity index (χ2v) is 9.81. The lowest BCUT2D eigenvalue weighted by atomic mass is 9.96. The monoisotopic (exact) mass is 449 g/mol. The van der Waals surface area contributed by atoms with E-state index in [1.165, 1.54) is 87.3 Å². The van der Waals surface area contributed by atoms with Crippen molar-refractivity contribution < 1.29 is 4.74 Å². The van der Waals surface area contributed by atoms with Crippen molar-refractivity contribution in [3.8, 4) is 5.75 Å². The van der Waals surface area contributed by atoms with Gasteiger partial charge in [0.25, 0.3) is 0 Å². The smallest absolute Gasteiger partial charge is 0.129 e. The zero-order valence-corrected chi connectivity index (χ0v) is 20.6. The van der Waals surface area contributed by atoms with E-state index in [0.29, 0.717) is 0 Å². The van der Waals surface area contributed by atoms with Gasteiger partial charge in [-0.25, -0.2) is 0 Å². The number of hydrogen-bond acceptors (Lipinski definition) is 3. The summed E-state index contributed by atoms with van der Waals surface area (Å²) >= 11 is 0. The van der Waals surface area contributed by atoms with Crippen molar-refractivity contribution in [3.05, 3.63) is 42.5 Å². The number of likely N-dealkylation sites (tertiary alicyclic amines) is 1. The Bertz CT molecular complexity index is 958. The van der Waals surface area contributed by atoms with E-state index in [2.05, 4.69) is 64.6 Å². The number of nitrogens with one attached hydrogen (secondary N) is 2. The maximum atomic E-state index is 6.19. The summed E-state index contributed by atoms with van der Waals surface area (Å²) in [6.07, 6.45) is 12.1. The highest BCUT2D eigenvalue weighted by molar-refractivity contribution is 6.10. The number of unbranched alkanes of at least 4 members (excludes halogenated alkanes) is 5. The largest absolute Gasteiger partial charge is 0.493 e. The molecule has 0 unspecified atom stereocenters. The van der Waals surface area contributed by atoms with Crippen molar-refractivity contribution in [2.45, 2.75) is 64.7 Å². The van der Waals surface area contributed by atoms with E-state index in [4.69, 9.17) is 4.74 Å². The normalized spacial score (nSPS) is 15.5. The van der Waals surface area contributed by atoms with Gasteiger partial charge in [-0.3, -0.25) is 0 Å². The quantitative estimate of drug-likeness (QED) is 0.267. The van der Waals surface area contributed by atoms with Crippen LogP contribution in [0.15, 0.2) is 42.5 Å². The number of piperidine rings is 1. The molecule has 0 saturated carbocycles. The number of aromatic amines is 1. The Kier molecular flexibility index (Phi) is 9.49. The Balaban J connectivity index is 1.08. The first kappa shape index (κ1) is 24.1. The maximum Gasteiger partial charge on any atom is 0.129 e. The second kappa shape index (κ2) is 13.0. The van der Waals surface area contributed by atoms with Crippen LogP contribution in [-0.4, -0.2) is 49.2 Å². The molecule has 4 heteroatoms. The number of aromatic nitrogens is 1. The van der Waals surface area contributed by atoms with E-state index < -0.39 is 0 Å². The average molecular weight is 450 g/mol. The first-order valence-corrected chi connectivity index (χ1v) is 13.4. The zero-order chi connectivity index (χ0) is 22.7. The zero-order valence-electron chi connectivity index (χ0n) is 20.6. The van der Waals surface area contributed by atoms with Crippen LogP contribution in [0.1, 0.15) is 64.7 Å². The fourth-order valence-electron chi connectivity index (χ4n) is 5.20. The highest BCUT2D eigenvalue weighted by atomic mass is 16.5. The molecule has 0 aliphatic carbocycles. The Morgan fingerprint density at radius 2 is 1.70 bits per heavy atom. The van der Waals surface area contributed by atoms with Crippen molar-refractivity contribution >= 4 is 21.8 Å². The minimum atomic E-state index is 0.752. The SMILES string of the molecule is CCCCCCCCN1CCC(CNCCCOc2cccc3[nH]c4ccccc4c23)CC1. The van der Waals surface area contributed by atoms with Gasteiger partial charge in [0.2, 0.25) is 0 Å². The summed E-state index contributed by atoms with van der Waals surface area (Å²) in [6, 6.07) is 14.8. The molecule has 0 radical (unpaired) electrons. The third-order valence-corrected chi connectivity index (χ3v) is 7.22. The van der Waals surface area contributed by atoms with Crippen LogP contribution in [-0.2, 0) is 0 Å². The van der Waals surface area contributed by atoms with E-state index in [-0.39, 0.29) is 0 Å². The van der Waals surface area contributed by atoms with Crippen LogP contribution in [0, 0.1) is 5.92 Å². The van der Waals surface area contributed by atoms with E-state index in [9.17, 15) is 0 Å². The number of benzene rings is 2. The molecular weight excluding hydrogens is 406 g/mol. The van der Waals surface area contributed by atoms with Gasteiger partial charge < -0.3 is 19.9 Å². The molecule has 2 heterocycles. The summed E-state index contributed by atoms with van der Waals surface area (Å²) in [5, 5.41) is 6.13. The predicted octanol–water partition coefficient (Wildman–Crippen LogP) is 6.75. The lowest BCUT2D eigenvalue weighted by Crippen LogP contribution is -2.38. The number of H-pyrrole nitrogens is 1. The molecule has 0 amide bonds. The number of ether oxygens (including phenoxy) is 1. The lowest BCUT2D eigenvalue weighted by molar-refractivity contribution is 0.179. The minimum absolute atomic E-state index is 0.752. The number of hydrogen-bond donors (Lipinski definition) is 2. The number of rotatable bonds is 14. The molecule has 0 atom stereocenters. The molecule has 1 aliphatic heterocycles. The third kappa shape index (κ3) is 6.97. The molecule has 180 valence electrons. The molecule has 33 heavy (non-hydrogen) atoms. The van der Waals surface area contributed by atoms with Crippen LogP contribution < -0.4 is 10.1 Å². The van der Waals surface area contributed by atoms with Gasteiger partial charge in [0.1, 0.15) is 5.75 Å². The lowest BCUT2D eigenvalue weighted by Gasteiger charge is -2.32. The molecule has 0 bridgehead atoms. The van der Waals surface area contributed by atoms with Crippen LogP contribution in [0.5, 0.6) is 5.75 Å². The predicted molar refractivity (Wildman–Crippen MR) is 141 cm³/mol. The average Bonchev–Trinajstić information content (AvgIpc) is 3.24. The van der Waals surface area contributed by atoms with Crippen LogP contribution in [0.25, 0.3) is 21.8 Å².